The van der Waals surface area contributed by atoms with Crippen molar-refractivity contribution < 1.29 is 14.6 Å². The van der Waals surface area contributed by atoms with Crippen molar-refractivity contribution in [3.8, 4) is 11.6 Å². The minimum Gasteiger partial charge on any atom is -0.439 e. The number of carbonyl (C=O) groups is 1. The van der Waals surface area contributed by atoms with Crippen LogP contribution in [0.2, 0.25) is 0 Å². The molecular weight excluding hydrogens is 342 g/mol. The van der Waals surface area contributed by atoms with E-state index in [1.165, 1.54) is 6.20 Å². The summed E-state index contributed by atoms with van der Waals surface area (Å²) in [5.41, 5.74) is 2.50. The van der Waals surface area contributed by atoms with E-state index in [2.05, 4.69) is 15.6 Å². The molecule has 0 fully saturated rings. The lowest BCUT2D eigenvalue weighted by atomic mass is 10.1. The van der Waals surface area contributed by atoms with Crippen LogP contribution in [0.1, 0.15) is 17.2 Å². The SMILES string of the molecule is Cc1ccc(Oc2ccc(NC(=O)NC(CO)c3ccccc3)cn2)cc1. The van der Waals surface area contributed by atoms with E-state index in [9.17, 15) is 9.90 Å². The minimum absolute atomic E-state index is 0.195. The van der Waals surface area contributed by atoms with Gasteiger partial charge >= 0.3 is 6.03 Å². The summed E-state index contributed by atoms with van der Waals surface area (Å²) < 4.78 is 5.66. The molecule has 0 aliphatic rings. The van der Waals surface area contributed by atoms with E-state index in [1.807, 2.05) is 61.5 Å². The standard InChI is InChI=1S/C21H21N3O3/c1-15-7-10-18(11-8-15)27-20-12-9-17(13-22-20)23-21(26)24-19(14-25)16-5-3-2-4-6-16/h2-13,19,25H,14H2,1H3,(H2,23,24,26). The molecule has 138 valence electrons. The lowest BCUT2D eigenvalue weighted by Gasteiger charge is -2.17. The van der Waals surface area contributed by atoms with Gasteiger partial charge in [-0.2, -0.15) is 0 Å². The summed E-state index contributed by atoms with van der Waals surface area (Å²) in [6, 6.07) is 19.4. The fourth-order valence-corrected chi connectivity index (χ4v) is 2.49. The molecule has 6 heteroatoms. The van der Waals surface area contributed by atoms with Crippen molar-refractivity contribution in [2.75, 3.05) is 11.9 Å². The van der Waals surface area contributed by atoms with Crippen molar-refractivity contribution >= 4 is 11.7 Å². The second-order valence-electron chi connectivity index (χ2n) is 6.04. The topological polar surface area (TPSA) is 83.5 Å². The van der Waals surface area contributed by atoms with E-state index in [0.717, 1.165) is 11.1 Å². The summed E-state index contributed by atoms with van der Waals surface area (Å²) in [5, 5.41) is 14.9. The highest BCUT2D eigenvalue weighted by Crippen LogP contribution is 2.21. The van der Waals surface area contributed by atoms with Crippen LogP contribution in [-0.2, 0) is 0 Å². The van der Waals surface area contributed by atoms with Gasteiger partial charge in [-0.05, 0) is 30.7 Å². The fourth-order valence-electron chi connectivity index (χ4n) is 2.49. The van der Waals surface area contributed by atoms with E-state index in [-0.39, 0.29) is 6.61 Å². The number of rotatable bonds is 6. The van der Waals surface area contributed by atoms with Gasteiger partial charge in [0.1, 0.15) is 5.75 Å². The van der Waals surface area contributed by atoms with Crippen LogP contribution in [0.5, 0.6) is 11.6 Å². The molecule has 0 saturated heterocycles. The van der Waals surface area contributed by atoms with Gasteiger partial charge in [0, 0.05) is 6.07 Å². The van der Waals surface area contributed by atoms with Crippen LogP contribution < -0.4 is 15.4 Å². The van der Waals surface area contributed by atoms with Crippen molar-refractivity contribution in [2.45, 2.75) is 13.0 Å². The number of carbonyl (C=O) groups excluding carboxylic acids is 1. The highest BCUT2D eigenvalue weighted by atomic mass is 16.5. The van der Waals surface area contributed by atoms with Crippen LogP contribution in [0.4, 0.5) is 10.5 Å². The number of hydrogen-bond donors (Lipinski definition) is 3. The third kappa shape index (κ3) is 5.29. The van der Waals surface area contributed by atoms with Gasteiger partial charge in [0.05, 0.1) is 24.5 Å². The molecule has 1 heterocycles. The Labute approximate surface area is 157 Å². The van der Waals surface area contributed by atoms with Gasteiger partial charge in [-0.15, -0.1) is 0 Å². The maximum atomic E-state index is 12.2. The van der Waals surface area contributed by atoms with E-state index < -0.39 is 12.1 Å². The Hall–Kier alpha value is -3.38. The quantitative estimate of drug-likeness (QED) is 0.617. The van der Waals surface area contributed by atoms with Gasteiger partial charge in [0.15, 0.2) is 0 Å². The molecule has 0 bridgehead atoms. The Morgan fingerprint density at radius 1 is 1.07 bits per heavy atom. The molecule has 2 aromatic carbocycles. The van der Waals surface area contributed by atoms with Gasteiger partial charge in [-0.25, -0.2) is 9.78 Å². The number of amides is 2. The average Bonchev–Trinajstić information content (AvgIpc) is 2.70. The van der Waals surface area contributed by atoms with Gasteiger partial charge in [-0.1, -0.05) is 48.0 Å². The predicted octanol–water partition coefficient (Wildman–Crippen LogP) is 4.04. The van der Waals surface area contributed by atoms with Crippen molar-refractivity contribution in [3.05, 3.63) is 84.1 Å². The normalized spacial score (nSPS) is 11.5. The number of nitrogens with zero attached hydrogens (tertiary/aromatic N) is 1. The largest absolute Gasteiger partial charge is 0.439 e. The number of nitrogens with one attached hydrogen (secondary N) is 2. The van der Waals surface area contributed by atoms with E-state index in [1.54, 1.807) is 12.1 Å². The first kappa shape index (κ1) is 18.4. The summed E-state index contributed by atoms with van der Waals surface area (Å²) in [4.78, 5) is 16.4. The summed E-state index contributed by atoms with van der Waals surface area (Å²) in [6.07, 6.45) is 1.51. The third-order valence-corrected chi connectivity index (χ3v) is 3.93. The number of pyridine rings is 1. The first-order valence-corrected chi connectivity index (χ1v) is 8.58. The zero-order valence-electron chi connectivity index (χ0n) is 14.9. The Balaban J connectivity index is 1.57. The molecule has 1 aromatic heterocycles. The molecule has 0 aliphatic heterocycles. The van der Waals surface area contributed by atoms with E-state index in [0.29, 0.717) is 17.3 Å². The number of ether oxygens (including phenoxy) is 1. The number of aliphatic hydroxyl groups excluding tert-OH is 1. The average molecular weight is 363 g/mol. The maximum Gasteiger partial charge on any atom is 0.319 e. The number of benzene rings is 2. The van der Waals surface area contributed by atoms with Crippen molar-refractivity contribution in [2.24, 2.45) is 0 Å². The molecule has 0 aliphatic carbocycles. The summed E-state index contributed by atoms with van der Waals surface area (Å²) in [5.74, 6) is 1.13. The number of aliphatic hydroxyl groups is 1. The second kappa shape index (κ2) is 8.82. The molecular formula is C21H21N3O3. The Kier molecular flexibility index (Phi) is 6.02. The van der Waals surface area contributed by atoms with Crippen LogP contribution in [-0.4, -0.2) is 22.7 Å². The number of aryl methyl sites for hydroxylation is 1. The molecule has 1 unspecified atom stereocenters. The van der Waals surface area contributed by atoms with Crippen LogP contribution in [0.3, 0.4) is 0 Å². The Morgan fingerprint density at radius 2 is 1.81 bits per heavy atom. The molecule has 3 N–H and O–H groups in total. The lowest BCUT2D eigenvalue weighted by molar-refractivity contribution is 0.225. The first-order chi connectivity index (χ1) is 13.1. The highest BCUT2D eigenvalue weighted by Gasteiger charge is 2.13. The molecule has 27 heavy (non-hydrogen) atoms. The zero-order chi connectivity index (χ0) is 19.1. The van der Waals surface area contributed by atoms with Crippen LogP contribution in [0.15, 0.2) is 72.9 Å². The summed E-state index contributed by atoms with van der Waals surface area (Å²) in [7, 11) is 0. The van der Waals surface area contributed by atoms with Crippen molar-refractivity contribution in [1.82, 2.24) is 10.3 Å². The van der Waals surface area contributed by atoms with Crippen LogP contribution in [0.25, 0.3) is 0 Å². The fraction of sp³-hybridized carbons (Fsp3) is 0.143. The molecule has 1 atom stereocenters. The molecule has 3 rings (SSSR count). The maximum absolute atomic E-state index is 12.2. The van der Waals surface area contributed by atoms with Gasteiger partial charge in [0.2, 0.25) is 5.88 Å². The zero-order valence-corrected chi connectivity index (χ0v) is 14.9. The van der Waals surface area contributed by atoms with Crippen molar-refractivity contribution in [1.29, 1.82) is 0 Å². The van der Waals surface area contributed by atoms with Crippen molar-refractivity contribution in [3.63, 3.8) is 0 Å². The number of aromatic nitrogens is 1. The van der Waals surface area contributed by atoms with Crippen LogP contribution >= 0.6 is 0 Å². The predicted molar refractivity (Wildman–Crippen MR) is 104 cm³/mol. The molecule has 6 nitrogen and oxygen atoms in total. The molecule has 3 aromatic rings. The first-order valence-electron chi connectivity index (χ1n) is 8.58. The third-order valence-electron chi connectivity index (χ3n) is 3.93. The lowest BCUT2D eigenvalue weighted by Crippen LogP contribution is -2.34. The Morgan fingerprint density at radius 3 is 2.44 bits per heavy atom. The van der Waals surface area contributed by atoms with Gasteiger partial charge < -0.3 is 20.5 Å². The van der Waals surface area contributed by atoms with Crippen LogP contribution in [0, 0.1) is 6.92 Å². The van der Waals surface area contributed by atoms with Gasteiger partial charge in [-0.3, -0.25) is 0 Å². The van der Waals surface area contributed by atoms with Gasteiger partial charge in [0.25, 0.3) is 0 Å². The molecule has 2 amide bonds. The summed E-state index contributed by atoms with van der Waals surface area (Å²) in [6.45, 7) is 1.81. The monoisotopic (exact) mass is 363 g/mol. The second-order valence-corrected chi connectivity index (χ2v) is 6.04. The molecule has 0 saturated carbocycles. The summed E-state index contributed by atoms with van der Waals surface area (Å²) >= 11 is 0. The minimum atomic E-state index is -0.483. The Bertz CT molecular complexity index is 865. The van der Waals surface area contributed by atoms with E-state index in [4.69, 9.17) is 4.74 Å². The number of urea groups is 1. The molecule has 0 spiro atoms. The molecule has 0 radical (unpaired) electrons. The number of anilines is 1. The number of hydrogen-bond acceptors (Lipinski definition) is 4. The highest BCUT2D eigenvalue weighted by molar-refractivity contribution is 5.89. The smallest absolute Gasteiger partial charge is 0.319 e. The van der Waals surface area contributed by atoms with E-state index >= 15 is 0 Å².